The number of pyridine rings is 1. The summed E-state index contributed by atoms with van der Waals surface area (Å²) in [6.07, 6.45) is 1.67. The fraction of sp³-hybridized carbons (Fsp3) is 0.333. The van der Waals surface area contributed by atoms with Crippen molar-refractivity contribution in [3.05, 3.63) is 24.4 Å². The zero-order chi connectivity index (χ0) is 10.2. The maximum atomic E-state index is 10.7. The first-order valence-corrected chi connectivity index (χ1v) is 4.30. The highest BCUT2D eigenvalue weighted by Crippen LogP contribution is 2.23. The van der Waals surface area contributed by atoms with Gasteiger partial charge in [0.05, 0.1) is 0 Å². The lowest BCUT2D eigenvalue weighted by atomic mass is 9.91. The molecule has 14 heavy (non-hydrogen) atoms. The molecule has 1 fully saturated rings. The van der Waals surface area contributed by atoms with E-state index in [1.165, 1.54) is 0 Å². The number of carboxylic acid groups (broad SMARTS) is 1. The minimum atomic E-state index is -1.10. The van der Waals surface area contributed by atoms with Gasteiger partial charge in [-0.05, 0) is 12.1 Å². The van der Waals surface area contributed by atoms with E-state index in [2.05, 4.69) is 4.98 Å². The molecule has 1 saturated heterocycles. The molecule has 0 aliphatic carbocycles. The molecule has 0 saturated carbocycles. The van der Waals surface area contributed by atoms with E-state index in [4.69, 9.17) is 10.8 Å². The lowest BCUT2D eigenvalue weighted by Crippen LogP contribution is -2.72. The molecule has 0 bridgehead atoms. The Morgan fingerprint density at radius 3 is 2.79 bits per heavy atom. The van der Waals surface area contributed by atoms with Crippen LogP contribution in [0.2, 0.25) is 0 Å². The second-order valence-electron chi connectivity index (χ2n) is 3.51. The van der Waals surface area contributed by atoms with Gasteiger partial charge in [0.15, 0.2) is 0 Å². The summed E-state index contributed by atoms with van der Waals surface area (Å²) in [6.45, 7) is 0.638. The van der Waals surface area contributed by atoms with Crippen molar-refractivity contribution >= 4 is 11.8 Å². The fourth-order valence-corrected chi connectivity index (χ4v) is 1.47. The molecule has 0 radical (unpaired) electrons. The van der Waals surface area contributed by atoms with Gasteiger partial charge >= 0.3 is 5.97 Å². The summed E-state index contributed by atoms with van der Waals surface area (Å²) < 4.78 is 0. The van der Waals surface area contributed by atoms with Crippen LogP contribution in [0.15, 0.2) is 24.4 Å². The number of aliphatic carboxylic acids is 1. The van der Waals surface area contributed by atoms with Crippen molar-refractivity contribution in [3.8, 4) is 0 Å². The van der Waals surface area contributed by atoms with Crippen LogP contribution in [0, 0.1) is 0 Å². The molecule has 0 atom stereocenters. The number of hydrogen-bond donors (Lipinski definition) is 2. The highest BCUT2D eigenvalue weighted by atomic mass is 16.4. The Balaban J connectivity index is 2.05. The third kappa shape index (κ3) is 1.31. The number of nitrogens with two attached hydrogens (primary N) is 1. The summed E-state index contributed by atoms with van der Waals surface area (Å²) in [5, 5.41) is 8.79. The SMILES string of the molecule is NC1(C(=O)O)CN(c2ccccn2)C1. The van der Waals surface area contributed by atoms with Crippen LogP contribution in [0.1, 0.15) is 0 Å². The summed E-state index contributed by atoms with van der Waals surface area (Å²) in [5.41, 5.74) is 4.50. The van der Waals surface area contributed by atoms with Crippen molar-refractivity contribution in [2.45, 2.75) is 5.54 Å². The molecule has 74 valence electrons. The van der Waals surface area contributed by atoms with Gasteiger partial charge in [-0.25, -0.2) is 4.98 Å². The smallest absolute Gasteiger partial charge is 0.327 e. The monoisotopic (exact) mass is 193 g/mol. The summed E-state index contributed by atoms with van der Waals surface area (Å²) in [4.78, 5) is 16.7. The van der Waals surface area contributed by atoms with E-state index in [0.717, 1.165) is 5.82 Å². The molecule has 0 spiro atoms. The van der Waals surface area contributed by atoms with Crippen molar-refractivity contribution in [2.75, 3.05) is 18.0 Å². The van der Waals surface area contributed by atoms with Crippen LogP contribution in [0.3, 0.4) is 0 Å². The first-order valence-electron chi connectivity index (χ1n) is 4.30. The van der Waals surface area contributed by atoms with Gasteiger partial charge in [0, 0.05) is 19.3 Å². The molecule has 1 aromatic rings. The number of aromatic nitrogens is 1. The van der Waals surface area contributed by atoms with Gasteiger partial charge in [-0.2, -0.15) is 0 Å². The predicted octanol–water partition coefficient (Wildman–Crippen LogP) is -0.316. The van der Waals surface area contributed by atoms with E-state index in [9.17, 15) is 4.79 Å². The molecular formula is C9H11N3O2. The van der Waals surface area contributed by atoms with Gasteiger partial charge in [0.25, 0.3) is 0 Å². The molecule has 0 aromatic carbocycles. The maximum Gasteiger partial charge on any atom is 0.327 e. The highest BCUT2D eigenvalue weighted by Gasteiger charge is 2.46. The summed E-state index contributed by atoms with van der Waals surface area (Å²) in [6, 6.07) is 5.51. The number of carboxylic acids is 1. The van der Waals surface area contributed by atoms with Gasteiger partial charge < -0.3 is 15.7 Å². The highest BCUT2D eigenvalue weighted by molar-refractivity contribution is 5.83. The van der Waals surface area contributed by atoms with E-state index in [1.54, 1.807) is 6.20 Å². The summed E-state index contributed by atoms with van der Waals surface area (Å²) in [7, 11) is 0. The molecule has 5 heteroatoms. The number of carbonyl (C=O) groups is 1. The predicted molar refractivity (Wildman–Crippen MR) is 51.0 cm³/mol. The second kappa shape index (κ2) is 2.95. The van der Waals surface area contributed by atoms with E-state index in [1.807, 2.05) is 23.1 Å². The number of anilines is 1. The van der Waals surface area contributed by atoms with Crippen LogP contribution in [0.5, 0.6) is 0 Å². The van der Waals surface area contributed by atoms with Crippen molar-refractivity contribution in [1.29, 1.82) is 0 Å². The molecule has 1 aliphatic heterocycles. The molecule has 5 nitrogen and oxygen atoms in total. The van der Waals surface area contributed by atoms with Gasteiger partial charge in [0.1, 0.15) is 11.4 Å². The third-order valence-corrected chi connectivity index (χ3v) is 2.35. The fourth-order valence-electron chi connectivity index (χ4n) is 1.47. The zero-order valence-electron chi connectivity index (χ0n) is 7.55. The Labute approximate surface area is 81.2 Å². The Bertz CT molecular complexity index is 346. The Kier molecular flexibility index (Phi) is 1.89. The topological polar surface area (TPSA) is 79.5 Å². The summed E-state index contributed by atoms with van der Waals surface area (Å²) >= 11 is 0. The standard InChI is InChI=1S/C9H11N3O2/c10-9(8(13)14)5-12(6-9)7-3-1-2-4-11-7/h1-4H,5-6,10H2,(H,13,14). The number of nitrogens with zero attached hydrogens (tertiary/aromatic N) is 2. The molecule has 2 rings (SSSR count). The lowest BCUT2D eigenvalue weighted by molar-refractivity contribution is -0.144. The van der Waals surface area contributed by atoms with Crippen LogP contribution >= 0.6 is 0 Å². The normalized spacial score (nSPS) is 18.8. The van der Waals surface area contributed by atoms with Crippen molar-refractivity contribution < 1.29 is 9.90 Å². The first kappa shape index (κ1) is 8.96. The third-order valence-electron chi connectivity index (χ3n) is 2.35. The minimum absolute atomic E-state index is 0.319. The maximum absolute atomic E-state index is 10.7. The molecular weight excluding hydrogens is 182 g/mol. The number of rotatable bonds is 2. The first-order chi connectivity index (χ1) is 6.62. The van der Waals surface area contributed by atoms with Crippen LogP contribution in [-0.2, 0) is 4.79 Å². The van der Waals surface area contributed by atoms with Gasteiger partial charge in [-0.3, -0.25) is 4.79 Å². The summed E-state index contributed by atoms with van der Waals surface area (Å²) in [5.74, 6) is -0.181. The molecule has 3 N–H and O–H groups in total. The van der Waals surface area contributed by atoms with Crippen molar-refractivity contribution in [2.24, 2.45) is 5.73 Å². The molecule has 0 amide bonds. The van der Waals surface area contributed by atoms with Crippen LogP contribution in [-0.4, -0.2) is 34.7 Å². The number of hydrogen-bond acceptors (Lipinski definition) is 4. The van der Waals surface area contributed by atoms with E-state index in [0.29, 0.717) is 13.1 Å². The van der Waals surface area contributed by atoms with Crippen molar-refractivity contribution in [1.82, 2.24) is 4.98 Å². The van der Waals surface area contributed by atoms with Gasteiger partial charge in [0.2, 0.25) is 0 Å². The Hall–Kier alpha value is -1.62. The average Bonchev–Trinajstić information content (AvgIpc) is 2.14. The largest absolute Gasteiger partial charge is 0.480 e. The quantitative estimate of drug-likeness (QED) is 0.673. The van der Waals surface area contributed by atoms with Crippen molar-refractivity contribution in [3.63, 3.8) is 0 Å². The van der Waals surface area contributed by atoms with E-state index >= 15 is 0 Å². The average molecular weight is 193 g/mol. The van der Waals surface area contributed by atoms with Gasteiger partial charge in [-0.1, -0.05) is 6.07 Å². The lowest BCUT2D eigenvalue weighted by Gasteiger charge is -2.45. The molecule has 1 aromatic heterocycles. The molecule has 2 heterocycles. The van der Waals surface area contributed by atoms with E-state index in [-0.39, 0.29) is 0 Å². The van der Waals surface area contributed by atoms with Gasteiger partial charge in [-0.15, -0.1) is 0 Å². The van der Waals surface area contributed by atoms with Crippen LogP contribution in [0.4, 0.5) is 5.82 Å². The van der Waals surface area contributed by atoms with Crippen LogP contribution in [0.25, 0.3) is 0 Å². The van der Waals surface area contributed by atoms with E-state index < -0.39 is 11.5 Å². The zero-order valence-corrected chi connectivity index (χ0v) is 7.55. The Morgan fingerprint density at radius 1 is 1.57 bits per heavy atom. The molecule has 0 unspecified atom stereocenters. The Morgan fingerprint density at radius 2 is 2.29 bits per heavy atom. The minimum Gasteiger partial charge on any atom is -0.480 e. The second-order valence-corrected chi connectivity index (χ2v) is 3.51. The van der Waals surface area contributed by atoms with Crippen LogP contribution < -0.4 is 10.6 Å². The molecule has 1 aliphatic rings.